The summed E-state index contributed by atoms with van der Waals surface area (Å²) in [6.45, 7) is 3.46. The minimum atomic E-state index is -0.458. The van der Waals surface area contributed by atoms with Gasteiger partial charge in [-0.25, -0.2) is 4.39 Å². The first kappa shape index (κ1) is 15.0. The second-order valence-electron chi connectivity index (χ2n) is 5.96. The summed E-state index contributed by atoms with van der Waals surface area (Å²) >= 11 is 0. The molecule has 6 heteroatoms. The minimum absolute atomic E-state index is 0.0902. The number of nitrogens with one attached hydrogen (secondary N) is 1. The molecule has 2 amide bonds. The van der Waals surface area contributed by atoms with E-state index in [1.54, 1.807) is 12.1 Å². The Balaban J connectivity index is 1.64. The van der Waals surface area contributed by atoms with E-state index in [4.69, 9.17) is 0 Å². The van der Waals surface area contributed by atoms with Crippen LogP contribution in [-0.4, -0.2) is 53.3 Å². The van der Waals surface area contributed by atoms with Gasteiger partial charge in [0.2, 0.25) is 11.8 Å². The molecule has 2 atom stereocenters. The fraction of sp³-hybridized carbons (Fsp3) is 0.500. The third-order valence-electron chi connectivity index (χ3n) is 4.51. The second-order valence-corrected chi connectivity index (χ2v) is 5.96. The van der Waals surface area contributed by atoms with Gasteiger partial charge in [-0.3, -0.25) is 14.5 Å². The van der Waals surface area contributed by atoms with E-state index in [0.717, 1.165) is 19.4 Å². The molecule has 3 rings (SSSR count). The molecule has 0 saturated carbocycles. The number of fused-ring (bicyclic) bond motifs is 1. The highest BCUT2D eigenvalue weighted by Crippen LogP contribution is 2.25. The molecule has 2 fully saturated rings. The van der Waals surface area contributed by atoms with Crippen LogP contribution in [0.25, 0.3) is 0 Å². The molecular weight excluding hydrogens is 285 g/mol. The smallest absolute Gasteiger partial charge is 0.239 e. The first-order valence-corrected chi connectivity index (χ1v) is 7.65. The van der Waals surface area contributed by atoms with Crippen LogP contribution >= 0.6 is 0 Å². The number of nitrogens with zero attached hydrogens (tertiary/aromatic N) is 2. The van der Waals surface area contributed by atoms with Crippen LogP contribution in [0.4, 0.5) is 10.1 Å². The van der Waals surface area contributed by atoms with Crippen LogP contribution in [0, 0.1) is 5.82 Å². The van der Waals surface area contributed by atoms with Crippen molar-refractivity contribution in [3.8, 4) is 0 Å². The van der Waals surface area contributed by atoms with Crippen LogP contribution in [0.5, 0.6) is 0 Å². The first-order chi connectivity index (χ1) is 10.6. The van der Waals surface area contributed by atoms with Crippen molar-refractivity contribution in [1.82, 2.24) is 9.80 Å². The van der Waals surface area contributed by atoms with Crippen molar-refractivity contribution in [2.45, 2.75) is 31.8 Å². The number of para-hydroxylation sites is 1. The van der Waals surface area contributed by atoms with E-state index in [2.05, 4.69) is 5.32 Å². The number of carbonyl (C=O) groups is 2. The zero-order valence-electron chi connectivity index (χ0n) is 12.6. The number of hydrogen-bond acceptors (Lipinski definition) is 3. The number of amides is 2. The Morgan fingerprint density at radius 1 is 1.41 bits per heavy atom. The van der Waals surface area contributed by atoms with E-state index in [0.29, 0.717) is 6.54 Å². The molecule has 1 N–H and O–H groups in total. The van der Waals surface area contributed by atoms with E-state index < -0.39 is 5.82 Å². The van der Waals surface area contributed by atoms with Gasteiger partial charge in [0.15, 0.2) is 0 Å². The Hall–Kier alpha value is -1.95. The molecule has 1 aromatic carbocycles. The maximum atomic E-state index is 13.6. The summed E-state index contributed by atoms with van der Waals surface area (Å²) in [5.74, 6) is -0.663. The van der Waals surface area contributed by atoms with Gasteiger partial charge in [0.1, 0.15) is 5.82 Å². The van der Waals surface area contributed by atoms with Gasteiger partial charge in [-0.1, -0.05) is 12.1 Å². The molecule has 2 aliphatic rings. The number of rotatable bonds is 3. The molecule has 2 saturated heterocycles. The zero-order chi connectivity index (χ0) is 15.7. The topological polar surface area (TPSA) is 52.7 Å². The summed E-state index contributed by atoms with van der Waals surface area (Å²) in [6, 6.07) is 5.98. The zero-order valence-corrected chi connectivity index (χ0v) is 12.6. The lowest BCUT2D eigenvalue weighted by molar-refractivity contribution is -0.143. The van der Waals surface area contributed by atoms with Gasteiger partial charge in [0, 0.05) is 19.1 Å². The van der Waals surface area contributed by atoms with E-state index >= 15 is 0 Å². The van der Waals surface area contributed by atoms with Crippen molar-refractivity contribution >= 4 is 17.5 Å². The molecule has 0 aromatic heterocycles. The molecule has 2 heterocycles. The largest absolute Gasteiger partial charge is 0.337 e. The number of carbonyl (C=O) groups excluding carboxylic acids is 2. The lowest BCUT2D eigenvalue weighted by Gasteiger charge is -2.41. The number of hydrogen-bond donors (Lipinski definition) is 1. The molecule has 22 heavy (non-hydrogen) atoms. The first-order valence-electron chi connectivity index (χ1n) is 7.65. The van der Waals surface area contributed by atoms with Crippen LogP contribution in [0.3, 0.4) is 0 Å². The van der Waals surface area contributed by atoms with Gasteiger partial charge < -0.3 is 10.2 Å². The molecule has 0 spiro atoms. The molecule has 0 unspecified atom stereocenters. The van der Waals surface area contributed by atoms with E-state index in [1.165, 1.54) is 12.1 Å². The van der Waals surface area contributed by atoms with Crippen molar-refractivity contribution in [3.05, 3.63) is 30.1 Å². The van der Waals surface area contributed by atoms with Crippen molar-refractivity contribution in [2.75, 3.05) is 25.0 Å². The fourth-order valence-electron chi connectivity index (χ4n) is 3.28. The van der Waals surface area contributed by atoms with Gasteiger partial charge in [-0.15, -0.1) is 0 Å². The number of halogens is 1. The molecule has 1 aromatic rings. The number of piperazine rings is 1. The molecule has 0 radical (unpaired) electrons. The Kier molecular flexibility index (Phi) is 4.11. The van der Waals surface area contributed by atoms with E-state index in [-0.39, 0.29) is 36.1 Å². The van der Waals surface area contributed by atoms with Gasteiger partial charge in [-0.2, -0.15) is 0 Å². The molecule has 5 nitrogen and oxygen atoms in total. The van der Waals surface area contributed by atoms with Crippen molar-refractivity contribution < 1.29 is 14.0 Å². The number of anilines is 1. The Bertz CT molecular complexity index is 593. The Morgan fingerprint density at radius 2 is 2.18 bits per heavy atom. The second kappa shape index (κ2) is 6.04. The summed E-state index contributed by atoms with van der Waals surface area (Å²) in [5.41, 5.74) is 0.172. The molecule has 0 bridgehead atoms. The van der Waals surface area contributed by atoms with Crippen molar-refractivity contribution in [1.29, 1.82) is 0 Å². The molecule has 2 aliphatic heterocycles. The molecule has 118 valence electrons. The maximum Gasteiger partial charge on any atom is 0.239 e. The van der Waals surface area contributed by atoms with Gasteiger partial charge in [0.25, 0.3) is 0 Å². The standard InChI is InChI=1S/C16H20FN3O2/c1-11-16(22)20-8-4-5-12(20)9-19(11)10-15(21)18-14-7-3-2-6-13(14)17/h2-3,6-7,11-12H,4-5,8-10H2,1H3,(H,18,21)/t11-,12+/m0/s1. The van der Waals surface area contributed by atoms with E-state index in [1.807, 2.05) is 16.7 Å². The summed E-state index contributed by atoms with van der Waals surface area (Å²) in [7, 11) is 0. The van der Waals surface area contributed by atoms with Crippen molar-refractivity contribution in [3.63, 3.8) is 0 Å². The minimum Gasteiger partial charge on any atom is -0.337 e. The Morgan fingerprint density at radius 3 is 2.95 bits per heavy atom. The van der Waals surface area contributed by atoms with Gasteiger partial charge in [0.05, 0.1) is 18.3 Å². The predicted molar refractivity (Wildman–Crippen MR) is 80.8 cm³/mol. The lowest BCUT2D eigenvalue weighted by atomic mass is 10.1. The monoisotopic (exact) mass is 305 g/mol. The summed E-state index contributed by atoms with van der Waals surface area (Å²) < 4.78 is 13.6. The average Bonchev–Trinajstić information content (AvgIpc) is 2.95. The number of benzene rings is 1. The predicted octanol–water partition coefficient (Wildman–Crippen LogP) is 1.46. The average molecular weight is 305 g/mol. The van der Waals surface area contributed by atoms with Crippen LogP contribution < -0.4 is 5.32 Å². The maximum absolute atomic E-state index is 13.6. The Labute approximate surface area is 129 Å². The fourth-order valence-corrected chi connectivity index (χ4v) is 3.28. The quantitative estimate of drug-likeness (QED) is 0.920. The normalized spacial score (nSPS) is 25.2. The summed E-state index contributed by atoms with van der Waals surface area (Å²) in [6.07, 6.45) is 2.02. The SMILES string of the molecule is C[C@H]1C(=O)N2CCC[C@@H]2CN1CC(=O)Nc1ccccc1F. The van der Waals surface area contributed by atoms with Gasteiger partial charge in [-0.05, 0) is 31.9 Å². The van der Waals surface area contributed by atoms with E-state index in [9.17, 15) is 14.0 Å². The van der Waals surface area contributed by atoms with Crippen LogP contribution in [0.2, 0.25) is 0 Å². The highest BCUT2D eigenvalue weighted by Gasteiger charge is 2.40. The van der Waals surface area contributed by atoms with Crippen LogP contribution in [-0.2, 0) is 9.59 Å². The highest BCUT2D eigenvalue weighted by atomic mass is 19.1. The lowest BCUT2D eigenvalue weighted by Crippen LogP contribution is -2.59. The third-order valence-corrected chi connectivity index (χ3v) is 4.51. The van der Waals surface area contributed by atoms with Crippen molar-refractivity contribution in [2.24, 2.45) is 0 Å². The van der Waals surface area contributed by atoms with Crippen LogP contribution in [0.1, 0.15) is 19.8 Å². The molecule has 0 aliphatic carbocycles. The third kappa shape index (κ3) is 2.83. The van der Waals surface area contributed by atoms with Gasteiger partial charge >= 0.3 is 0 Å². The van der Waals surface area contributed by atoms with Crippen LogP contribution in [0.15, 0.2) is 24.3 Å². The summed E-state index contributed by atoms with van der Waals surface area (Å²) in [4.78, 5) is 28.2. The highest BCUT2D eigenvalue weighted by molar-refractivity contribution is 5.93. The molecular formula is C16H20FN3O2. The summed E-state index contributed by atoms with van der Waals surface area (Å²) in [5, 5.41) is 2.57.